The number of carbonyl (C=O) groups is 3. The van der Waals surface area contributed by atoms with E-state index in [0.29, 0.717) is 23.6 Å². The molecule has 4 aromatic carbocycles. The van der Waals surface area contributed by atoms with E-state index in [4.69, 9.17) is 0 Å². The van der Waals surface area contributed by atoms with Crippen LogP contribution >= 0.6 is 0 Å². The van der Waals surface area contributed by atoms with Crippen molar-refractivity contribution >= 4 is 23.4 Å². The van der Waals surface area contributed by atoms with Crippen molar-refractivity contribution in [2.45, 2.75) is 62.8 Å². The summed E-state index contributed by atoms with van der Waals surface area (Å²) in [6.45, 7) is 0.649. The average molecular weight is 800 g/mol. The topological polar surface area (TPSA) is 174 Å². The van der Waals surface area contributed by atoms with Crippen molar-refractivity contribution in [1.29, 1.82) is 0 Å². The molecule has 14 heteroatoms. The second-order valence-electron chi connectivity index (χ2n) is 17.9. The summed E-state index contributed by atoms with van der Waals surface area (Å²) >= 11 is 0. The molecule has 3 amide bonds. The summed E-state index contributed by atoms with van der Waals surface area (Å²) < 4.78 is 2.93. The smallest absolute Gasteiger partial charge is 0.247 e. The summed E-state index contributed by atoms with van der Waals surface area (Å²) in [4.78, 5) is 44.9. The molecule has 0 spiro atoms. The van der Waals surface area contributed by atoms with Crippen LogP contribution in [0.2, 0.25) is 0 Å². The first kappa shape index (κ1) is 36.5. The molecule has 6 bridgehead atoms. The number of tetrazole rings is 2. The highest BCUT2D eigenvalue weighted by atomic mass is 16.2. The molecule has 13 rings (SSSR count). The van der Waals surface area contributed by atoms with Crippen LogP contribution in [0.5, 0.6) is 0 Å². The van der Waals surface area contributed by atoms with E-state index in [2.05, 4.69) is 71.3 Å². The Morgan fingerprint density at radius 3 is 1.65 bits per heavy atom. The lowest BCUT2D eigenvalue weighted by Crippen LogP contribution is -2.57. The fourth-order valence-corrected chi connectivity index (χ4v) is 12.3. The van der Waals surface area contributed by atoms with Crippen LogP contribution in [0.25, 0.3) is 11.4 Å². The fourth-order valence-electron chi connectivity index (χ4n) is 12.3. The van der Waals surface area contributed by atoms with Gasteiger partial charge in [-0.1, -0.05) is 78.9 Å². The third kappa shape index (κ3) is 6.45. The van der Waals surface area contributed by atoms with Crippen LogP contribution in [-0.4, -0.2) is 70.7 Å². The van der Waals surface area contributed by atoms with Gasteiger partial charge in [-0.2, -0.15) is 0 Å². The minimum absolute atomic E-state index is 0.0801. The zero-order valence-corrected chi connectivity index (χ0v) is 33.0. The van der Waals surface area contributed by atoms with Gasteiger partial charge in [-0.25, -0.2) is 9.36 Å². The van der Waals surface area contributed by atoms with Gasteiger partial charge in [-0.3, -0.25) is 14.4 Å². The minimum Gasteiger partial charge on any atom is -0.355 e. The third-order valence-electron chi connectivity index (χ3n) is 14.2. The van der Waals surface area contributed by atoms with E-state index in [1.54, 1.807) is 18.2 Å². The number of hydrogen-bond donors (Lipinski definition) is 3. The van der Waals surface area contributed by atoms with Gasteiger partial charge in [0.15, 0.2) is 0 Å². The Labute approximate surface area is 346 Å². The van der Waals surface area contributed by atoms with Crippen molar-refractivity contribution in [2.75, 3.05) is 11.9 Å². The number of hydrogen-bond acceptors (Lipinski definition) is 9. The molecule has 60 heavy (non-hydrogen) atoms. The monoisotopic (exact) mass is 799 g/mol. The van der Waals surface area contributed by atoms with E-state index < -0.39 is 23.8 Å². The maximum atomic E-state index is 15.3. The molecule has 2 unspecified atom stereocenters. The Bertz CT molecular complexity index is 2440. The highest BCUT2D eigenvalue weighted by molar-refractivity contribution is 5.99. The van der Waals surface area contributed by atoms with Gasteiger partial charge in [0, 0.05) is 30.5 Å². The highest BCUT2D eigenvalue weighted by Gasteiger charge is 2.56. The first-order valence-electron chi connectivity index (χ1n) is 21.1. The van der Waals surface area contributed by atoms with Gasteiger partial charge in [0.05, 0.1) is 23.2 Å². The van der Waals surface area contributed by atoms with Gasteiger partial charge >= 0.3 is 0 Å². The van der Waals surface area contributed by atoms with E-state index in [9.17, 15) is 4.79 Å². The molecule has 3 N–H and O–H groups in total. The normalized spacial score (nSPS) is 27.1. The number of rotatable bonds is 11. The van der Waals surface area contributed by atoms with E-state index in [1.807, 2.05) is 54.6 Å². The molecule has 4 fully saturated rings. The van der Waals surface area contributed by atoms with Gasteiger partial charge in [0.25, 0.3) is 0 Å². The molecule has 302 valence electrons. The molecule has 0 aliphatic heterocycles. The summed E-state index contributed by atoms with van der Waals surface area (Å²) in [6, 6.07) is 30.4. The first-order chi connectivity index (χ1) is 29.4. The average Bonchev–Trinajstić information content (AvgIpc) is 4.02. The number of fused-ring (bicyclic) bond motifs is 1. The quantitative estimate of drug-likeness (QED) is 0.160. The van der Waals surface area contributed by atoms with Crippen LogP contribution in [-0.2, 0) is 20.8 Å². The van der Waals surface area contributed by atoms with Crippen molar-refractivity contribution in [2.24, 2.45) is 35.0 Å². The summed E-state index contributed by atoms with van der Waals surface area (Å²) in [6.07, 6.45) is 10.7. The number of amides is 3. The minimum atomic E-state index is -0.991. The molecule has 2 aromatic heterocycles. The Morgan fingerprint density at radius 2 is 1.15 bits per heavy atom. The van der Waals surface area contributed by atoms with Gasteiger partial charge < -0.3 is 16.0 Å². The Morgan fingerprint density at radius 1 is 0.650 bits per heavy atom. The van der Waals surface area contributed by atoms with Crippen LogP contribution in [0.3, 0.4) is 0 Å². The lowest BCUT2D eigenvalue weighted by molar-refractivity contribution is -0.139. The van der Waals surface area contributed by atoms with Crippen LogP contribution in [0, 0.1) is 35.0 Å². The standard InChI is InChI=1S/C46H45N11O3/c58-43(50-31-18-32(56-25-48-52-54-56)20-33(19-31)57-26-49-53-55-57)38(17-27-8-2-1-3-9-27)51-45(60)42-40-36-12-6-4-10-34(36)39(35-11-5-7-13-37(35)40)41(42)44(59)47-24-46-21-28-14-29(22-46)16-30(15-28)23-46/h1-13,18-20,25-26,28-30,38-42H,14-17,21-24H2,(H,47,59)(H,50,58)(H,51,60)/t28?,29?,30?,38-,39?,40?,41?,42?,46?/m0/s1. The van der Waals surface area contributed by atoms with Crippen molar-refractivity contribution < 1.29 is 14.4 Å². The Kier molecular flexibility index (Phi) is 8.89. The lowest BCUT2D eigenvalue weighted by Gasteiger charge is -2.57. The molecular formula is C46H45N11O3. The van der Waals surface area contributed by atoms with E-state index >= 15 is 9.59 Å². The number of carbonyl (C=O) groups excluding carboxylic acids is 3. The SMILES string of the molecule is O=C(NCC12CC3CC(CC(C3)C1)C2)C1C2c3ccccc3C(c3ccccc32)C1C(=O)N[C@@H](Cc1ccccc1)C(=O)Nc1cc(-n2cnnn2)cc(-n2cnnn2)c1. The first-order valence-corrected chi connectivity index (χ1v) is 21.1. The lowest BCUT2D eigenvalue weighted by atomic mass is 9.49. The maximum absolute atomic E-state index is 15.3. The van der Waals surface area contributed by atoms with Gasteiger partial charge in [0.2, 0.25) is 17.7 Å². The summed E-state index contributed by atoms with van der Waals surface area (Å²) in [5.41, 5.74) is 6.87. The Balaban J connectivity index is 0.934. The number of nitrogens with zero attached hydrogens (tertiary/aromatic N) is 8. The van der Waals surface area contributed by atoms with Gasteiger partial charge in [-0.15, -0.1) is 10.2 Å². The predicted molar refractivity (Wildman–Crippen MR) is 220 cm³/mol. The number of nitrogens with one attached hydrogen (secondary N) is 3. The van der Waals surface area contributed by atoms with E-state index in [-0.39, 0.29) is 35.5 Å². The summed E-state index contributed by atoms with van der Waals surface area (Å²) in [5.74, 6) is -0.642. The summed E-state index contributed by atoms with van der Waals surface area (Å²) in [7, 11) is 0. The van der Waals surface area contributed by atoms with Gasteiger partial charge in [0.1, 0.15) is 18.7 Å². The molecular weight excluding hydrogens is 755 g/mol. The van der Waals surface area contributed by atoms with Crippen molar-refractivity contribution in [1.82, 2.24) is 51.0 Å². The number of anilines is 1. The highest BCUT2D eigenvalue weighted by Crippen LogP contribution is 2.61. The second-order valence-corrected chi connectivity index (χ2v) is 17.9. The maximum Gasteiger partial charge on any atom is 0.247 e. The van der Waals surface area contributed by atoms with Crippen molar-refractivity contribution in [3.8, 4) is 11.4 Å². The van der Waals surface area contributed by atoms with E-state index in [1.165, 1.54) is 60.5 Å². The molecule has 6 aromatic rings. The molecule has 2 heterocycles. The van der Waals surface area contributed by atoms with Gasteiger partial charge in [-0.05, 0) is 129 Å². The number of aromatic nitrogens is 8. The number of benzene rings is 4. The van der Waals surface area contributed by atoms with Crippen molar-refractivity contribution in [3.63, 3.8) is 0 Å². The molecule has 7 aliphatic rings. The molecule has 0 saturated heterocycles. The molecule has 3 atom stereocenters. The molecule has 7 aliphatic carbocycles. The fraction of sp³-hybridized carbons (Fsp3) is 0.370. The largest absolute Gasteiger partial charge is 0.355 e. The zero-order chi connectivity index (χ0) is 40.4. The van der Waals surface area contributed by atoms with Crippen LogP contribution in [0.15, 0.2) is 110 Å². The third-order valence-corrected chi connectivity index (χ3v) is 14.2. The molecule has 4 saturated carbocycles. The Hall–Kier alpha value is -6.57. The molecule has 14 nitrogen and oxygen atoms in total. The second kappa shape index (κ2) is 14.6. The predicted octanol–water partition coefficient (Wildman–Crippen LogP) is 5.16. The van der Waals surface area contributed by atoms with E-state index in [0.717, 1.165) is 45.6 Å². The summed E-state index contributed by atoms with van der Waals surface area (Å²) in [5, 5.41) is 32.9. The van der Waals surface area contributed by atoms with Crippen LogP contribution < -0.4 is 16.0 Å². The zero-order valence-electron chi connectivity index (χ0n) is 33.0. The van der Waals surface area contributed by atoms with Crippen LogP contribution in [0.4, 0.5) is 5.69 Å². The van der Waals surface area contributed by atoms with Crippen LogP contribution in [0.1, 0.15) is 78.2 Å². The van der Waals surface area contributed by atoms with Crippen molar-refractivity contribution in [3.05, 3.63) is 138 Å². The molecule has 0 radical (unpaired) electrons.